The van der Waals surface area contributed by atoms with Crippen LogP contribution in [0.3, 0.4) is 0 Å². The van der Waals surface area contributed by atoms with Gasteiger partial charge in [0.15, 0.2) is 11.5 Å². The van der Waals surface area contributed by atoms with Gasteiger partial charge in [0.1, 0.15) is 6.29 Å². The lowest BCUT2D eigenvalue weighted by Crippen LogP contribution is -2.07. The van der Waals surface area contributed by atoms with Gasteiger partial charge >= 0.3 is 5.97 Å². The zero-order valence-corrected chi connectivity index (χ0v) is 11.1. The Morgan fingerprint density at radius 3 is 2.79 bits per heavy atom. The van der Waals surface area contributed by atoms with Gasteiger partial charge in [-0.2, -0.15) is 0 Å². The number of rotatable bonds is 6. The van der Waals surface area contributed by atoms with E-state index in [1.165, 1.54) is 6.92 Å². The van der Waals surface area contributed by atoms with E-state index in [4.69, 9.17) is 15.9 Å². The second kappa shape index (κ2) is 7.22. The molecule has 4 heteroatoms. The minimum absolute atomic E-state index is 0.346. The Balaban J connectivity index is 2.96. The van der Waals surface area contributed by atoms with E-state index >= 15 is 0 Å². The number of unbranched alkanes of at least 4 members (excludes halogenated alkanes) is 1. The summed E-state index contributed by atoms with van der Waals surface area (Å²) in [7, 11) is 0. The third kappa shape index (κ3) is 4.47. The molecule has 0 saturated carbocycles. The third-order valence-electron chi connectivity index (χ3n) is 2.37. The lowest BCUT2D eigenvalue weighted by molar-refractivity contribution is -0.132. The van der Waals surface area contributed by atoms with Crippen LogP contribution in [0.5, 0.6) is 11.5 Å². The number of aryl methyl sites for hydroxylation is 1. The molecule has 0 saturated heterocycles. The van der Waals surface area contributed by atoms with Crippen molar-refractivity contribution in [2.24, 2.45) is 0 Å². The number of ether oxygens (including phenoxy) is 2. The SMILES string of the molecule is C#CCCCOc1cc(C=O)cc(C)c1OC(C)=O. The van der Waals surface area contributed by atoms with Crippen LogP contribution in [-0.4, -0.2) is 18.9 Å². The maximum atomic E-state index is 11.1. The summed E-state index contributed by atoms with van der Waals surface area (Å²) in [6, 6.07) is 3.19. The molecule has 1 aromatic carbocycles. The zero-order valence-electron chi connectivity index (χ0n) is 11.1. The molecule has 1 rings (SSSR count). The normalized spacial score (nSPS) is 9.53. The van der Waals surface area contributed by atoms with Gasteiger partial charge in [-0.15, -0.1) is 12.3 Å². The molecule has 0 N–H and O–H groups in total. The smallest absolute Gasteiger partial charge is 0.308 e. The molecule has 4 nitrogen and oxygen atoms in total. The maximum Gasteiger partial charge on any atom is 0.308 e. The van der Waals surface area contributed by atoms with Crippen molar-refractivity contribution in [1.29, 1.82) is 0 Å². The van der Waals surface area contributed by atoms with Crippen LogP contribution in [0.4, 0.5) is 0 Å². The van der Waals surface area contributed by atoms with Crippen molar-refractivity contribution in [2.75, 3.05) is 6.61 Å². The molecule has 0 atom stereocenters. The first-order valence-electron chi connectivity index (χ1n) is 5.93. The Kier molecular flexibility index (Phi) is 5.62. The predicted molar refractivity (Wildman–Crippen MR) is 71.4 cm³/mol. The number of aldehydes is 1. The Bertz CT molecular complexity index is 512. The number of carbonyl (C=O) groups excluding carboxylic acids is 2. The molecule has 0 aliphatic heterocycles. The molecule has 0 aromatic heterocycles. The number of hydrogen-bond acceptors (Lipinski definition) is 4. The molecule has 19 heavy (non-hydrogen) atoms. The van der Waals surface area contributed by atoms with E-state index < -0.39 is 5.97 Å². The van der Waals surface area contributed by atoms with Crippen molar-refractivity contribution in [3.8, 4) is 23.8 Å². The Labute approximate surface area is 112 Å². The molecule has 0 bridgehead atoms. The molecule has 0 aliphatic rings. The number of terminal acetylenes is 1. The summed E-state index contributed by atoms with van der Waals surface area (Å²) in [6.45, 7) is 3.47. The fraction of sp³-hybridized carbons (Fsp3) is 0.333. The monoisotopic (exact) mass is 260 g/mol. The van der Waals surface area contributed by atoms with Gasteiger partial charge in [-0.1, -0.05) is 0 Å². The third-order valence-corrected chi connectivity index (χ3v) is 2.37. The first kappa shape index (κ1) is 14.8. The second-order valence-corrected chi connectivity index (χ2v) is 4.03. The zero-order chi connectivity index (χ0) is 14.3. The summed E-state index contributed by atoms with van der Waals surface area (Å²) in [5.41, 5.74) is 1.15. The fourth-order valence-electron chi connectivity index (χ4n) is 1.57. The number of hydrogen-bond donors (Lipinski definition) is 0. The van der Waals surface area contributed by atoms with Gasteiger partial charge in [-0.05, 0) is 31.0 Å². The molecule has 0 heterocycles. The van der Waals surface area contributed by atoms with Crippen LogP contribution in [0.15, 0.2) is 12.1 Å². The molecule has 0 radical (unpaired) electrons. The van der Waals surface area contributed by atoms with E-state index in [-0.39, 0.29) is 0 Å². The van der Waals surface area contributed by atoms with Crippen molar-refractivity contribution in [3.05, 3.63) is 23.3 Å². The van der Waals surface area contributed by atoms with E-state index in [2.05, 4.69) is 5.92 Å². The van der Waals surface area contributed by atoms with E-state index in [0.29, 0.717) is 42.1 Å². The summed E-state index contributed by atoms with van der Waals surface area (Å²) >= 11 is 0. The van der Waals surface area contributed by atoms with Crippen LogP contribution in [0.2, 0.25) is 0 Å². The standard InChI is InChI=1S/C15H16O4/c1-4-5-6-7-18-14-9-13(10-16)8-11(2)15(14)19-12(3)17/h1,8-10H,5-7H2,2-3H3. The number of carbonyl (C=O) groups is 2. The van der Waals surface area contributed by atoms with Crippen molar-refractivity contribution < 1.29 is 19.1 Å². The molecular formula is C15H16O4. The minimum Gasteiger partial charge on any atom is -0.490 e. The first-order chi connectivity index (χ1) is 9.08. The molecule has 0 amide bonds. The molecule has 0 unspecified atom stereocenters. The fourth-order valence-corrected chi connectivity index (χ4v) is 1.57. The Morgan fingerprint density at radius 2 is 2.21 bits per heavy atom. The predicted octanol–water partition coefficient (Wildman–Crippen LogP) is 2.53. The average molecular weight is 260 g/mol. The topological polar surface area (TPSA) is 52.6 Å². The van der Waals surface area contributed by atoms with Crippen LogP contribution in [0.1, 0.15) is 35.7 Å². The highest BCUT2D eigenvalue weighted by atomic mass is 16.6. The van der Waals surface area contributed by atoms with Gasteiger partial charge in [0.25, 0.3) is 0 Å². The Hall–Kier alpha value is -2.28. The quantitative estimate of drug-likeness (QED) is 0.259. The van der Waals surface area contributed by atoms with Gasteiger partial charge in [0.05, 0.1) is 6.61 Å². The molecule has 0 spiro atoms. The summed E-state index contributed by atoms with van der Waals surface area (Å²) in [5, 5.41) is 0. The highest BCUT2D eigenvalue weighted by Crippen LogP contribution is 2.32. The van der Waals surface area contributed by atoms with Crippen molar-refractivity contribution in [3.63, 3.8) is 0 Å². The van der Waals surface area contributed by atoms with Crippen LogP contribution in [-0.2, 0) is 4.79 Å². The van der Waals surface area contributed by atoms with Crippen molar-refractivity contribution >= 4 is 12.3 Å². The van der Waals surface area contributed by atoms with Gasteiger partial charge in [0, 0.05) is 18.9 Å². The Morgan fingerprint density at radius 1 is 1.47 bits per heavy atom. The largest absolute Gasteiger partial charge is 0.490 e. The molecule has 1 aromatic rings. The van der Waals surface area contributed by atoms with E-state index in [1.54, 1.807) is 19.1 Å². The number of esters is 1. The number of benzene rings is 1. The first-order valence-corrected chi connectivity index (χ1v) is 5.93. The maximum absolute atomic E-state index is 11.1. The van der Waals surface area contributed by atoms with Crippen molar-refractivity contribution in [1.82, 2.24) is 0 Å². The van der Waals surface area contributed by atoms with Gasteiger partial charge in [-0.25, -0.2) is 0 Å². The van der Waals surface area contributed by atoms with E-state index in [1.807, 2.05) is 0 Å². The lowest BCUT2D eigenvalue weighted by atomic mass is 10.1. The second-order valence-electron chi connectivity index (χ2n) is 4.03. The molecule has 100 valence electrons. The summed E-state index contributed by atoms with van der Waals surface area (Å²) in [4.78, 5) is 21.9. The molecular weight excluding hydrogens is 244 g/mol. The van der Waals surface area contributed by atoms with Crippen LogP contribution in [0, 0.1) is 19.3 Å². The van der Waals surface area contributed by atoms with Crippen LogP contribution in [0.25, 0.3) is 0 Å². The summed E-state index contributed by atoms with van der Waals surface area (Å²) in [5.74, 6) is 2.81. The minimum atomic E-state index is -0.435. The highest BCUT2D eigenvalue weighted by molar-refractivity contribution is 5.78. The lowest BCUT2D eigenvalue weighted by Gasteiger charge is -2.13. The summed E-state index contributed by atoms with van der Waals surface area (Å²) in [6.07, 6.45) is 7.17. The van der Waals surface area contributed by atoms with Crippen LogP contribution >= 0.6 is 0 Å². The summed E-state index contributed by atoms with van der Waals surface area (Å²) < 4.78 is 10.6. The van der Waals surface area contributed by atoms with Gasteiger partial charge < -0.3 is 9.47 Å². The van der Waals surface area contributed by atoms with Gasteiger partial charge in [-0.3, -0.25) is 9.59 Å². The van der Waals surface area contributed by atoms with Crippen LogP contribution < -0.4 is 9.47 Å². The molecule has 0 fully saturated rings. The highest BCUT2D eigenvalue weighted by Gasteiger charge is 2.13. The van der Waals surface area contributed by atoms with E-state index in [0.717, 1.165) is 6.29 Å². The average Bonchev–Trinajstić information content (AvgIpc) is 2.37. The molecule has 0 aliphatic carbocycles. The van der Waals surface area contributed by atoms with Gasteiger partial charge in [0.2, 0.25) is 0 Å². The van der Waals surface area contributed by atoms with E-state index in [9.17, 15) is 9.59 Å². The van der Waals surface area contributed by atoms with Crippen molar-refractivity contribution in [2.45, 2.75) is 26.7 Å².